The van der Waals surface area contributed by atoms with E-state index < -0.39 is 0 Å². The van der Waals surface area contributed by atoms with Crippen LogP contribution in [0.5, 0.6) is 23.0 Å². The van der Waals surface area contributed by atoms with Crippen LogP contribution in [0.25, 0.3) is 22.3 Å². The summed E-state index contributed by atoms with van der Waals surface area (Å²) in [4.78, 5) is 0. The molecule has 0 bridgehead atoms. The molecule has 0 aliphatic carbocycles. The van der Waals surface area contributed by atoms with Crippen molar-refractivity contribution in [2.45, 2.75) is 0 Å². The summed E-state index contributed by atoms with van der Waals surface area (Å²) in [5, 5.41) is 49.5. The van der Waals surface area contributed by atoms with Gasteiger partial charge in [0.2, 0.25) is 0 Å². The molecule has 6 heteroatoms. The van der Waals surface area contributed by atoms with Gasteiger partial charge in [0.15, 0.2) is 22.9 Å². The fraction of sp³-hybridized carbons (Fsp3) is 0. The van der Waals surface area contributed by atoms with E-state index in [0.29, 0.717) is 11.1 Å². The van der Waals surface area contributed by atoms with Gasteiger partial charge in [0.25, 0.3) is 0 Å². The first-order valence-corrected chi connectivity index (χ1v) is 9.18. The number of phenols is 4. The molecular formula is C24H18N2O4. The van der Waals surface area contributed by atoms with Gasteiger partial charge in [-0.3, -0.25) is 0 Å². The van der Waals surface area contributed by atoms with Gasteiger partial charge in [0.1, 0.15) is 11.5 Å². The average Bonchev–Trinajstić information content (AvgIpc) is 2.77. The molecule has 0 atom stereocenters. The molecule has 0 fully saturated rings. The van der Waals surface area contributed by atoms with E-state index in [-0.39, 0.29) is 34.4 Å². The topological polar surface area (TPSA) is 106 Å². The number of phenolic OH excluding ortho intramolecular Hbond substituents is 4. The molecule has 6 nitrogen and oxygen atoms in total. The highest BCUT2D eigenvalue weighted by Crippen LogP contribution is 2.50. The van der Waals surface area contributed by atoms with Crippen molar-refractivity contribution >= 4 is 11.4 Å². The lowest BCUT2D eigenvalue weighted by molar-refractivity contribution is 0.449. The zero-order chi connectivity index (χ0) is 21.1. The number of rotatable bonds is 4. The molecule has 4 aromatic carbocycles. The van der Waals surface area contributed by atoms with Crippen LogP contribution in [0, 0.1) is 0 Å². The molecule has 0 aliphatic heterocycles. The zero-order valence-corrected chi connectivity index (χ0v) is 15.8. The highest BCUT2D eigenvalue weighted by atomic mass is 16.3. The molecule has 4 aromatic rings. The standard InChI is InChI=1S/C24H18N2O4/c27-19-12-7-13-20(28)21(19)25-26-22-23(29)17(15-8-3-1-4-9-15)14-18(24(22)30)16-10-5-2-6-11-16/h1-14,27-30H. The van der Waals surface area contributed by atoms with Crippen LogP contribution >= 0.6 is 0 Å². The Balaban J connectivity index is 1.94. The van der Waals surface area contributed by atoms with Crippen LogP contribution in [-0.2, 0) is 0 Å². The highest BCUT2D eigenvalue weighted by Gasteiger charge is 2.20. The number of benzene rings is 4. The maximum Gasteiger partial charge on any atom is 0.170 e. The molecule has 148 valence electrons. The summed E-state index contributed by atoms with van der Waals surface area (Å²) in [5.41, 5.74) is 2.05. The molecule has 0 unspecified atom stereocenters. The molecule has 4 rings (SSSR count). The Morgan fingerprint density at radius 2 is 0.900 bits per heavy atom. The summed E-state index contributed by atoms with van der Waals surface area (Å²) in [6.45, 7) is 0. The highest BCUT2D eigenvalue weighted by molar-refractivity contribution is 5.89. The van der Waals surface area contributed by atoms with E-state index in [1.807, 2.05) is 60.7 Å². The van der Waals surface area contributed by atoms with Crippen LogP contribution in [0.2, 0.25) is 0 Å². The fourth-order valence-electron chi connectivity index (χ4n) is 3.14. The summed E-state index contributed by atoms with van der Waals surface area (Å²) >= 11 is 0. The van der Waals surface area contributed by atoms with Gasteiger partial charge in [-0.15, -0.1) is 10.2 Å². The van der Waals surface area contributed by atoms with Crippen LogP contribution in [0.3, 0.4) is 0 Å². The maximum absolute atomic E-state index is 10.9. The van der Waals surface area contributed by atoms with Crippen LogP contribution in [0.4, 0.5) is 11.4 Å². The molecule has 30 heavy (non-hydrogen) atoms. The first kappa shape index (κ1) is 19.0. The second-order valence-electron chi connectivity index (χ2n) is 6.59. The molecule has 0 radical (unpaired) electrons. The predicted octanol–water partition coefficient (Wildman–Crippen LogP) is 6.26. The fourth-order valence-corrected chi connectivity index (χ4v) is 3.14. The van der Waals surface area contributed by atoms with Crippen molar-refractivity contribution in [1.82, 2.24) is 0 Å². The largest absolute Gasteiger partial charge is 0.505 e. The van der Waals surface area contributed by atoms with E-state index in [4.69, 9.17) is 0 Å². The van der Waals surface area contributed by atoms with Gasteiger partial charge in [-0.1, -0.05) is 66.7 Å². The van der Waals surface area contributed by atoms with E-state index in [0.717, 1.165) is 11.1 Å². The Bertz CT molecular complexity index is 1140. The normalized spacial score (nSPS) is 11.1. The minimum absolute atomic E-state index is 0.164. The van der Waals surface area contributed by atoms with E-state index in [1.54, 1.807) is 6.07 Å². The third kappa shape index (κ3) is 3.54. The molecule has 0 saturated carbocycles. The zero-order valence-electron chi connectivity index (χ0n) is 15.8. The van der Waals surface area contributed by atoms with Crippen molar-refractivity contribution < 1.29 is 20.4 Å². The second kappa shape index (κ2) is 7.97. The first-order chi connectivity index (χ1) is 14.6. The summed E-state index contributed by atoms with van der Waals surface area (Å²) in [6.07, 6.45) is 0. The molecule has 0 heterocycles. The third-order valence-corrected chi connectivity index (χ3v) is 4.66. The lowest BCUT2D eigenvalue weighted by Crippen LogP contribution is -1.86. The quantitative estimate of drug-likeness (QED) is 0.304. The van der Waals surface area contributed by atoms with Gasteiger partial charge in [0, 0.05) is 11.1 Å². The molecule has 0 saturated heterocycles. The van der Waals surface area contributed by atoms with Gasteiger partial charge in [-0.05, 0) is 29.3 Å². The molecule has 0 spiro atoms. The summed E-state index contributed by atoms with van der Waals surface area (Å²) in [7, 11) is 0. The third-order valence-electron chi connectivity index (χ3n) is 4.66. The van der Waals surface area contributed by atoms with Crippen molar-refractivity contribution in [3.8, 4) is 45.3 Å². The van der Waals surface area contributed by atoms with E-state index >= 15 is 0 Å². The molecule has 4 N–H and O–H groups in total. The van der Waals surface area contributed by atoms with Gasteiger partial charge in [-0.2, -0.15) is 0 Å². The SMILES string of the molecule is Oc1cccc(O)c1N=Nc1c(O)c(-c2ccccc2)cc(-c2ccccc2)c1O. The monoisotopic (exact) mass is 398 g/mol. The van der Waals surface area contributed by atoms with Crippen LogP contribution in [0.1, 0.15) is 0 Å². The van der Waals surface area contributed by atoms with Gasteiger partial charge < -0.3 is 20.4 Å². The van der Waals surface area contributed by atoms with Gasteiger partial charge in [0.05, 0.1) is 0 Å². The Labute approximate surface area is 172 Å². The van der Waals surface area contributed by atoms with E-state index in [9.17, 15) is 20.4 Å². The van der Waals surface area contributed by atoms with Crippen molar-refractivity contribution in [2.75, 3.05) is 0 Å². The number of nitrogens with zero attached hydrogens (tertiary/aromatic N) is 2. The van der Waals surface area contributed by atoms with E-state index in [1.165, 1.54) is 18.2 Å². The lowest BCUT2D eigenvalue weighted by atomic mass is 9.96. The van der Waals surface area contributed by atoms with Crippen molar-refractivity contribution in [2.24, 2.45) is 10.2 Å². The van der Waals surface area contributed by atoms with Gasteiger partial charge >= 0.3 is 0 Å². The summed E-state index contributed by atoms with van der Waals surface area (Å²) in [6, 6.07) is 24.2. The maximum atomic E-state index is 10.9. The van der Waals surface area contributed by atoms with Crippen LogP contribution in [-0.4, -0.2) is 20.4 Å². The van der Waals surface area contributed by atoms with Crippen molar-refractivity contribution in [1.29, 1.82) is 0 Å². The molecule has 0 aliphatic rings. The number of hydrogen-bond acceptors (Lipinski definition) is 6. The molecule has 0 amide bonds. The summed E-state index contributed by atoms with van der Waals surface area (Å²) in [5.74, 6) is -1.09. The lowest BCUT2D eigenvalue weighted by Gasteiger charge is -2.14. The first-order valence-electron chi connectivity index (χ1n) is 9.18. The average molecular weight is 398 g/mol. The Kier molecular flexibility index (Phi) is 5.05. The van der Waals surface area contributed by atoms with Crippen LogP contribution < -0.4 is 0 Å². The minimum Gasteiger partial charge on any atom is -0.505 e. The number of hydrogen-bond donors (Lipinski definition) is 4. The predicted molar refractivity (Wildman–Crippen MR) is 115 cm³/mol. The van der Waals surface area contributed by atoms with Crippen LogP contribution in [0.15, 0.2) is 95.2 Å². The number of aromatic hydroxyl groups is 4. The molecule has 0 aromatic heterocycles. The Hall–Kier alpha value is -4.32. The molecular weight excluding hydrogens is 380 g/mol. The Morgan fingerprint density at radius 1 is 0.467 bits per heavy atom. The summed E-state index contributed by atoms with van der Waals surface area (Å²) < 4.78 is 0. The second-order valence-corrected chi connectivity index (χ2v) is 6.59. The minimum atomic E-state index is -0.278. The smallest absolute Gasteiger partial charge is 0.170 e. The van der Waals surface area contributed by atoms with Crippen molar-refractivity contribution in [3.05, 3.63) is 84.9 Å². The van der Waals surface area contributed by atoms with E-state index in [2.05, 4.69) is 10.2 Å². The number of azo groups is 1. The Morgan fingerprint density at radius 3 is 1.37 bits per heavy atom. The van der Waals surface area contributed by atoms with Gasteiger partial charge in [-0.25, -0.2) is 0 Å². The van der Waals surface area contributed by atoms with Crippen molar-refractivity contribution in [3.63, 3.8) is 0 Å².